The van der Waals surface area contributed by atoms with Crippen LogP contribution in [-0.2, 0) is 0 Å². The molecule has 3 saturated carbocycles. The van der Waals surface area contributed by atoms with Crippen LogP contribution >= 0.6 is 15.9 Å². The van der Waals surface area contributed by atoms with Gasteiger partial charge < -0.3 is 4.74 Å². The van der Waals surface area contributed by atoms with E-state index in [9.17, 15) is 13.2 Å². The highest BCUT2D eigenvalue weighted by Gasteiger charge is 2.80. The SMILES string of the molecule is FC(F)(F)C12CC(Oc3ccc(Br)cc3)(C1)C2. The van der Waals surface area contributed by atoms with E-state index in [4.69, 9.17) is 4.74 Å². The van der Waals surface area contributed by atoms with E-state index < -0.39 is 17.2 Å². The maximum absolute atomic E-state index is 12.6. The van der Waals surface area contributed by atoms with Crippen LogP contribution < -0.4 is 4.74 Å². The molecule has 3 aliphatic rings. The Morgan fingerprint density at radius 3 is 2.06 bits per heavy atom. The molecule has 1 nitrogen and oxygen atoms in total. The number of ether oxygens (including phenoxy) is 1. The number of alkyl halides is 3. The van der Waals surface area contributed by atoms with Gasteiger partial charge in [-0.2, -0.15) is 13.2 Å². The van der Waals surface area contributed by atoms with Crippen molar-refractivity contribution in [2.24, 2.45) is 5.41 Å². The fraction of sp³-hybridized carbons (Fsp3) is 0.500. The van der Waals surface area contributed by atoms with E-state index in [-0.39, 0.29) is 19.3 Å². The summed E-state index contributed by atoms with van der Waals surface area (Å²) in [6.45, 7) is 0. The topological polar surface area (TPSA) is 9.23 Å². The summed E-state index contributed by atoms with van der Waals surface area (Å²) in [4.78, 5) is 0. The number of hydrogen-bond acceptors (Lipinski definition) is 1. The fourth-order valence-corrected chi connectivity index (χ4v) is 3.12. The highest BCUT2D eigenvalue weighted by molar-refractivity contribution is 9.10. The maximum atomic E-state index is 12.6. The molecule has 0 unspecified atom stereocenters. The van der Waals surface area contributed by atoms with Crippen LogP contribution in [0.4, 0.5) is 13.2 Å². The van der Waals surface area contributed by atoms with Crippen molar-refractivity contribution in [1.82, 2.24) is 0 Å². The van der Waals surface area contributed by atoms with Crippen molar-refractivity contribution in [3.05, 3.63) is 28.7 Å². The number of halogens is 4. The van der Waals surface area contributed by atoms with E-state index in [0.29, 0.717) is 5.75 Å². The molecule has 92 valence electrons. The zero-order valence-electron chi connectivity index (χ0n) is 8.85. The average molecular weight is 307 g/mol. The van der Waals surface area contributed by atoms with Crippen LogP contribution in [0.2, 0.25) is 0 Å². The number of hydrogen-bond donors (Lipinski definition) is 0. The molecule has 3 aliphatic carbocycles. The monoisotopic (exact) mass is 306 g/mol. The zero-order valence-corrected chi connectivity index (χ0v) is 10.4. The first kappa shape index (κ1) is 11.4. The third kappa shape index (κ3) is 1.58. The largest absolute Gasteiger partial charge is 0.487 e. The van der Waals surface area contributed by atoms with E-state index in [1.165, 1.54) is 0 Å². The first-order valence-corrected chi connectivity index (χ1v) is 6.15. The molecule has 0 aromatic heterocycles. The molecule has 0 saturated heterocycles. The third-order valence-corrected chi connectivity index (χ3v) is 4.26. The van der Waals surface area contributed by atoms with Gasteiger partial charge >= 0.3 is 6.18 Å². The highest BCUT2D eigenvalue weighted by atomic mass is 79.9. The molecular weight excluding hydrogens is 297 g/mol. The van der Waals surface area contributed by atoms with Gasteiger partial charge in [0.2, 0.25) is 0 Å². The van der Waals surface area contributed by atoms with E-state index >= 15 is 0 Å². The molecule has 1 aromatic rings. The van der Waals surface area contributed by atoms with Gasteiger partial charge in [0.05, 0.1) is 5.41 Å². The molecule has 1 aromatic carbocycles. The molecular formula is C12H10BrF3O. The molecule has 0 heterocycles. The van der Waals surface area contributed by atoms with E-state index in [1.807, 2.05) is 12.1 Å². The van der Waals surface area contributed by atoms with Crippen LogP contribution in [-0.4, -0.2) is 11.8 Å². The first-order valence-electron chi connectivity index (χ1n) is 5.36. The summed E-state index contributed by atoms with van der Waals surface area (Å²) in [5.74, 6) is 0.642. The van der Waals surface area contributed by atoms with Gasteiger partial charge in [-0.05, 0) is 24.3 Å². The van der Waals surface area contributed by atoms with Gasteiger partial charge in [0.25, 0.3) is 0 Å². The Morgan fingerprint density at radius 1 is 1.06 bits per heavy atom. The van der Waals surface area contributed by atoms with Gasteiger partial charge in [-0.15, -0.1) is 0 Å². The summed E-state index contributed by atoms with van der Waals surface area (Å²) in [6, 6.07) is 7.18. The molecule has 2 bridgehead atoms. The van der Waals surface area contributed by atoms with E-state index in [0.717, 1.165) is 4.47 Å². The average Bonchev–Trinajstić information content (AvgIpc) is 2.09. The van der Waals surface area contributed by atoms with Crippen LogP contribution in [0, 0.1) is 5.41 Å². The van der Waals surface area contributed by atoms with Crippen LogP contribution in [0.1, 0.15) is 19.3 Å². The minimum atomic E-state index is -4.07. The Hall–Kier alpha value is -0.710. The van der Waals surface area contributed by atoms with E-state index in [1.54, 1.807) is 12.1 Å². The molecule has 17 heavy (non-hydrogen) atoms. The van der Waals surface area contributed by atoms with Crippen molar-refractivity contribution in [3.8, 4) is 5.75 Å². The summed E-state index contributed by atoms with van der Waals surface area (Å²) >= 11 is 3.30. The minimum absolute atomic E-state index is 0.111. The number of rotatable bonds is 2. The lowest BCUT2D eigenvalue weighted by molar-refractivity contribution is -0.373. The Labute approximate surface area is 105 Å². The summed E-state index contributed by atoms with van der Waals surface area (Å²) < 4.78 is 44.5. The van der Waals surface area contributed by atoms with Crippen LogP contribution in [0.25, 0.3) is 0 Å². The Kier molecular flexibility index (Phi) is 2.14. The molecule has 0 N–H and O–H groups in total. The van der Waals surface area contributed by atoms with Gasteiger partial charge in [-0.1, -0.05) is 15.9 Å². The lowest BCUT2D eigenvalue weighted by atomic mass is 9.40. The molecule has 5 heteroatoms. The van der Waals surface area contributed by atoms with Crippen molar-refractivity contribution in [3.63, 3.8) is 0 Å². The van der Waals surface area contributed by atoms with Crippen molar-refractivity contribution in [2.45, 2.75) is 31.0 Å². The predicted molar refractivity (Wildman–Crippen MR) is 59.8 cm³/mol. The van der Waals surface area contributed by atoms with Crippen LogP contribution in [0.3, 0.4) is 0 Å². The van der Waals surface area contributed by atoms with E-state index in [2.05, 4.69) is 15.9 Å². The third-order valence-electron chi connectivity index (χ3n) is 3.73. The Bertz CT molecular complexity index is 432. The summed E-state index contributed by atoms with van der Waals surface area (Å²) in [5.41, 5.74) is -1.99. The molecule has 0 amide bonds. The normalized spacial score (nSPS) is 34.8. The second kappa shape index (κ2) is 3.19. The van der Waals surface area contributed by atoms with Crippen molar-refractivity contribution >= 4 is 15.9 Å². The second-order valence-corrected chi connectivity index (χ2v) is 5.96. The standard InChI is InChI=1S/C12H10BrF3O/c13-8-1-3-9(4-2-8)17-11-5-10(6-11,7-11)12(14,15)16/h1-4H,5-7H2. The van der Waals surface area contributed by atoms with Gasteiger partial charge in [0.1, 0.15) is 11.4 Å². The molecule has 0 radical (unpaired) electrons. The van der Waals surface area contributed by atoms with Gasteiger partial charge in [0.15, 0.2) is 0 Å². The number of benzene rings is 1. The van der Waals surface area contributed by atoms with Crippen LogP contribution in [0.5, 0.6) is 5.75 Å². The van der Waals surface area contributed by atoms with Gasteiger partial charge in [-0.3, -0.25) is 0 Å². The summed E-state index contributed by atoms with van der Waals surface area (Å²) in [7, 11) is 0. The Balaban J connectivity index is 1.66. The fourth-order valence-electron chi connectivity index (χ4n) is 2.86. The molecule has 0 spiro atoms. The first-order chi connectivity index (χ1) is 7.84. The zero-order chi connectivity index (χ0) is 12.3. The van der Waals surface area contributed by atoms with Crippen molar-refractivity contribution in [1.29, 1.82) is 0 Å². The quantitative estimate of drug-likeness (QED) is 0.791. The maximum Gasteiger partial charge on any atom is 0.394 e. The molecule has 0 aliphatic heterocycles. The highest BCUT2D eigenvalue weighted by Crippen LogP contribution is 2.74. The minimum Gasteiger partial charge on any atom is -0.487 e. The molecule has 3 fully saturated rings. The second-order valence-electron chi connectivity index (χ2n) is 5.05. The van der Waals surface area contributed by atoms with Gasteiger partial charge in [0, 0.05) is 23.7 Å². The summed E-state index contributed by atoms with van der Waals surface area (Å²) in [6.07, 6.45) is -3.74. The lowest BCUT2D eigenvalue weighted by Crippen LogP contribution is -2.74. The molecule has 4 rings (SSSR count). The van der Waals surface area contributed by atoms with Crippen molar-refractivity contribution < 1.29 is 17.9 Å². The molecule has 0 atom stereocenters. The lowest BCUT2D eigenvalue weighted by Gasteiger charge is -2.69. The van der Waals surface area contributed by atoms with Crippen molar-refractivity contribution in [2.75, 3.05) is 0 Å². The summed E-state index contributed by atoms with van der Waals surface area (Å²) in [5, 5.41) is 0. The van der Waals surface area contributed by atoms with Crippen LogP contribution in [0.15, 0.2) is 28.7 Å². The van der Waals surface area contributed by atoms with Gasteiger partial charge in [-0.25, -0.2) is 0 Å². The smallest absolute Gasteiger partial charge is 0.394 e. The predicted octanol–water partition coefficient (Wildman–Crippen LogP) is 4.31. The Morgan fingerprint density at radius 2 is 1.59 bits per heavy atom.